The van der Waals surface area contributed by atoms with Gasteiger partial charge in [-0.3, -0.25) is 0 Å². The second-order valence-corrected chi connectivity index (χ2v) is 5.39. The Balaban J connectivity index is 2.34. The largest absolute Gasteiger partial charge is 0.497 e. The van der Waals surface area contributed by atoms with Crippen LogP contribution >= 0.6 is 11.3 Å². The van der Waals surface area contributed by atoms with Crippen molar-refractivity contribution in [3.05, 3.63) is 51.2 Å². The van der Waals surface area contributed by atoms with Crippen LogP contribution in [0.1, 0.15) is 27.0 Å². The molecule has 1 aromatic carbocycles. The van der Waals surface area contributed by atoms with E-state index in [0.29, 0.717) is 0 Å². The van der Waals surface area contributed by atoms with Crippen LogP contribution in [0.2, 0.25) is 0 Å². The minimum atomic E-state index is -0.542. The molecule has 0 aliphatic rings. The normalized spacial score (nSPS) is 12.5. The molecule has 1 aromatic heterocycles. The van der Waals surface area contributed by atoms with Crippen molar-refractivity contribution in [2.24, 2.45) is 0 Å². The van der Waals surface area contributed by atoms with E-state index in [1.165, 1.54) is 4.88 Å². The highest BCUT2D eigenvalue weighted by Gasteiger charge is 2.14. The van der Waals surface area contributed by atoms with Crippen LogP contribution in [0.3, 0.4) is 0 Å². The van der Waals surface area contributed by atoms with Gasteiger partial charge in [0.25, 0.3) is 0 Å². The first-order valence-electron chi connectivity index (χ1n) is 5.50. The van der Waals surface area contributed by atoms with Gasteiger partial charge in [-0.1, -0.05) is 6.07 Å². The van der Waals surface area contributed by atoms with E-state index in [9.17, 15) is 5.11 Å². The van der Waals surface area contributed by atoms with Gasteiger partial charge in [-0.15, -0.1) is 11.3 Å². The zero-order valence-corrected chi connectivity index (χ0v) is 11.0. The van der Waals surface area contributed by atoms with Crippen LogP contribution in [0.25, 0.3) is 0 Å². The van der Waals surface area contributed by atoms with E-state index in [2.05, 4.69) is 0 Å². The number of ether oxygens (including phenoxy) is 1. The Morgan fingerprint density at radius 1 is 1.18 bits per heavy atom. The first kappa shape index (κ1) is 12.1. The van der Waals surface area contributed by atoms with Gasteiger partial charge in [-0.25, -0.2) is 0 Å². The van der Waals surface area contributed by atoms with Crippen molar-refractivity contribution in [3.8, 4) is 5.75 Å². The summed E-state index contributed by atoms with van der Waals surface area (Å²) in [7, 11) is 1.65. The molecular formula is C14H16O2S. The summed E-state index contributed by atoms with van der Waals surface area (Å²) in [6.07, 6.45) is -0.542. The standard InChI is InChI=1S/C14H16O2S/c1-9-8-11(16-3)5-6-12(9)14(15)13-7-4-10(2)17-13/h4-8,14-15H,1-3H3. The Morgan fingerprint density at radius 2 is 1.94 bits per heavy atom. The average molecular weight is 248 g/mol. The van der Waals surface area contributed by atoms with Crippen LogP contribution in [-0.4, -0.2) is 12.2 Å². The highest BCUT2D eigenvalue weighted by molar-refractivity contribution is 7.12. The zero-order chi connectivity index (χ0) is 12.4. The fourth-order valence-corrected chi connectivity index (χ4v) is 2.72. The Morgan fingerprint density at radius 3 is 2.47 bits per heavy atom. The van der Waals surface area contributed by atoms with Crippen LogP contribution in [0.4, 0.5) is 0 Å². The van der Waals surface area contributed by atoms with Gasteiger partial charge in [0, 0.05) is 9.75 Å². The topological polar surface area (TPSA) is 29.5 Å². The molecule has 0 fully saturated rings. The highest BCUT2D eigenvalue weighted by Crippen LogP contribution is 2.31. The molecule has 0 saturated carbocycles. The van der Waals surface area contributed by atoms with Crippen molar-refractivity contribution in [2.75, 3.05) is 7.11 Å². The second kappa shape index (κ2) is 4.90. The maximum absolute atomic E-state index is 10.3. The van der Waals surface area contributed by atoms with Gasteiger partial charge >= 0.3 is 0 Å². The van der Waals surface area contributed by atoms with Gasteiger partial charge in [0.1, 0.15) is 11.9 Å². The fraction of sp³-hybridized carbons (Fsp3) is 0.286. The number of hydrogen-bond donors (Lipinski definition) is 1. The van der Waals surface area contributed by atoms with E-state index >= 15 is 0 Å². The molecule has 1 N–H and O–H groups in total. The van der Waals surface area contributed by atoms with E-state index in [1.807, 2.05) is 44.2 Å². The summed E-state index contributed by atoms with van der Waals surface area (Å²) in [5.41, 5.74) is 1.98. The molecule has 0 radical (unpaired) electrons. The van der Waals surface area contributed by atoms with E-state index in [1.54, 1.807) is 18.4 Å². The van der Waals surface area contributed by atoms with Crippen molar-refractivity contribution in [2.45, 2.75) is 20.0 Å². The van der Waals surface area contributed by atoms with Crippen molar-refractivity contribution < 1.29 is 9.84 Å². The van der Waals surface area contributed by atoms with Gasteiger partial charge in [-0.2, -0.15) is 0 Å². The van der Waals surface area contributed by atoms with Crippen molar-refractivity contribution >= 4 is 11.3 Å². The molecule has 0 aliphatic carbocycles. The van der Waals surface area contributed by atoms with E-state index in [-0.39, 0.29) is 0 Å². The maximum atomic E-state index is 10.3. The summed E-state index contributed by atoms with van der Waals surface area (Å²) < 4.78 is 5.16. The van der Waals surface area contributed by atoms with Gasteiger partial charge in [-0.05, 0) is 49.2 Å². The number of thiophene rings is 1. The average Bonchev–Trinajstić information content (AvgIpc) is 2.75. The molecule has 1 atom stereocenters. The summed E-state index contributed by atoms with van der Waals surface area (Å²) in [6.45, 7) is 4.03. The smallest absolute Gasteiger partial charge is 0.119 e. The third-order valence-corrected chi connectivity index (χ3v) is 3.86. The van der Waals surface area contributed by atoms with E-state index in [0.717, 1.165) is 21.8 Å². The Labute approximate surface area is 105 Å². The number of methoxy groups -OCH3 is 1. The summed E-state index contributed by atoms with van der Waals surface area (Å²) in [5.74, 6) is 0.820. The molecule has 1 heterocycles. The maximum Gasteiger partial charge on any atom is 0.119 e. The minimum Gasteiger partial charge on any atom is -0.497 e. The number of benzene rings is 1. The molecule has 17 heavy (non-hydrogen) atoms. The molecule has 0 aliphatic heterocycles. The van der Waals surface area contributed by atoms with Crippen molar-refractivity contribution in [1.29, 1.82) is 0 Å². The lowest BCUT2D eigenvalue weighted by Gasteiger charge is -2.13. The predicted octanol–water partition coefficient (Wildman–Crippen LogP) is 3.46. The predicted molar refractivity (Wildman–Crippen MR) is 70.8 cm³/mol. The molecule has 0 amide bonds. The number of aryl methyl sites for hydroxylation is 2. The molecule has 2 rings (SSSR count). The van der Waals surface area contributed by atoms with Gasteiger partial charge in [0.2, 0.25) is 0 Å². The molecule has 0 spiro atoms. The molecule has 1 unspecified atom stereocenters. The number of aliphatic hydroxyl groups is 1. The monoisotopic (exact) mass is 248 g/mol. The van der Waals surface area contributed by atoms with Crippen LogP contribution in [-0.2, 0) is 0 Å². The molecule has 3 heteroatoms. The van der Waals surface area contributed by atoms with Gasteiger partial charge in [0.15, 0.2) is 0 Å². The Bertz CT molecular complexity index is 517. The second-order valence-electron chi connectivity index (χ2n) is 4.07. The van der Waals surface area contributed by atoms with Crippen molar-refractivity contribution in [1.82, 2.24) is 0 Å². The minimum absolute atomic E-state index is 0.542. The summed E-state index contributed by atoms with van der Waals surface area (Å²) in [6, 6.07) is 9.76. The van der Waals surface area contributed by atoms with E-state index in [4.69, 9.17) is 4.74 Å². The van der Waals surface area contributed by atoms with Crippen LogP contribution in [0, 0.1) is 13.8 Å². The lowest BCUT2D eigenvalue weighted by molar-refractivity contribution is 0.223. The third kappa shape index (κ3) is 2.51. The first-order valence-corrected chi connectivity index (χ1v) is 6.32. The molecule has 2 aromatic rings. The quantitative estimate of drug-likeness (QED) is 0.901. The van der Waals surface area contributed by atoms with Gasteiger partial charge in [0.05, 0.1) is 7.11 Å². The number of hydrogen-bond acceptors (Lipinski definition) is 3. The van der Waals surface area contributed by atoms with E-state index < -0.39 is 6.10 Å². The van der Waals surface area contributed by atoms with Crippen molar-refractivity contribution in [3.63, 3.8) is 0 Å². The molecule has 0 saturated heterocycles. The molecule has 2 nitrogen and oxygen atoms in total. The summed E-state index contributed by atoms with van der Waals surface area (Å²) in [5, 5.41) is 10.3. The summed E-state index contributed by atoms with van der Waals surface area (Å²) in [4.78, 5) is 2.20. The molecule has 0 bridgehead atoms. The number of rotatable bonds is 3. The van der Waals surface area contributed by atoms with Crippen LogP contribution in [0.5, 0.6) is 5.75 Å². The highest BCUT2D eigenvalue weighted by atomic mass is 32.1. The van der Waals surface area contributed by atoms with Gasteiger partial charge < -0.3 is 9.84 Å². The zero-order valence-electron chi connectivity index (χ0n) is 10.2. The lowest BCUT2D eigenvalue weighted by Crippen LogP contribution is -2.00. The fourth-order valence-electron chi connectivity index (χ4n) is 1.84. The summed E-state index contributed by atoms with van der Waals surface area (Å²) >= 11 is 1.63. The van der Waals surface area contributed by atoms with Crippen LogP contribution in [0.15, 0.2) is 30.3 Å². The molecule has 90 valence electrons. The third-order valence-electron chi connectivity index (χ3n) is 2.80. The SMILES string of the molecule is COc1ccc(C(O)c2ccc(C)s2)c(C)c1. The lowest BCUT2D eigenvalue weighted by atomic mass is 10.0. The van der Waals surface area contributed by atoms with Crippen LogP contribution < -0.4 is 4.74 Å². The number of aliphatic hydroxyl groups excluding tert-OH is 1. The Kier molecular flexibility index (Phi) is 3.50. The molecular weight excluding hydrogens is 232 g/mol. The first-order chi connectivity index (χ1) is 8.11. The Hall–Kier alpha value is -1.32.